The van der Waals surface area contributed by atoms with Gasteiger partial charge in [0.05, 0.1) is 11.4 Å². The Balaban J connectivity index is 1.55. The molecule has 1 N–H and O–H groups in total. The number of halogens is 1. The summed E-state index contributed by atoms with van der Waals surface area (Å²) in [6.07, 6.45) is 5.88. The third-order valence-electron chi connectivity index (χ3n) is 4.48. The largest absolute Gasteiger partial charge is 0.490 e. The average Bonchev–Trinajstić information content (AvgIpc) is 3.16. The fraction of sp³-hybridized carbons (Fsp3) is 0.381. The lowest BCUT2D eigenvalue weighted by Crippen LogP contribution is -2.24. The first-order chi connectivity index (χ1) is 12.6. The van der Waals surface area contributed by atoms with Crippen molar-refractivity contribution in [1.82, 2.24) is 0 Å². The maximum Gasteiger partial charge on any atom is 0.237 e. The second-order valence-corrected chi connectivity index (χ2v) is 8.22. The monoisotopic (exact) mass is 389 g/mol. The number of hydrogen-bond acceptors (Lipinski definition) is 3. The van der Waals surface area contributed by atoms with E-state index in [4.69, 9.17) is 16.3 Å². The van der Waals surface area contributed by atoms with Crippen molar-refractivity contribution in [2.75, 3.05) is 5.32 Å². The van der Waals surface area contributed by atoms with Gasteiger partial charge in [0.25, 0.3) is 0 Å². The van der Waals surface area contributed by atoms with Crippen LogP contribution in [0.25, 0.3) is 0 Å². The summed E-state index contributed by atoms with van der Waals surface area (Å²) in [5.74, 6) is 0.884. The van der Waals surface area contributed by atoms with E-state index in [9.17, 15) is 4.79 Å². The van der Waals surface area contributed by atoms with Gasteiger partial charge in [0, 0.05) is 15.6 Å². The Morgan fingerprint density at radius 3 is 2.42 bits per heavy atom. The van der Waals surface area contributed by atoms with Crippen LogP contribution in [0.1, 0.15) is 39.0 Å². The topological polar surface area (TPSA) is 38.3 Å². The van der Waals surface area contributed by atoms with Gasteiger partial charge in [-0.25, -0.2) is 0 Å². The summed E-state index contributed by atoms with van der Waals surface area (Å²) in [5.41, 5.74) is 0.795. The second kappa shape index (κ2) is 9.33. The van der Waals surface area contributed by atoms with Crippen LogP contribution in [-0.4, -0.2) is 17.3 Å². The summed E-state index contributed by atoms with van der Waals surface area (Å²) in [6, 6.07) is 15.2. The van der Waals surface area contributed by atoms with Crippen molar-refractivity contribution in [3.8, 4) is 5.75 Å². The number of hydrogen-bond donors (Lipinski definition) is 1. The molecule has 1 amide bonds. The molecule has 1 saturated carbocycles. The highest BCUT2D eigenvalue weighted by atomic mass is 35.5. The molecule has 138 valence electrons. The number of anilines is 1. The Morgan fingerprint density at radius 2 is 1.81 bits per heavy atom. The molecule has 2 aromatic rings. The number of benzene rings is 2. The molecule has 1 aliphatic carbocycles. The van der Waals surface area contributed by atoms with Crippen LogP contribution in [0, 0.1) is 0 Å². The van der Waals surface area contributed by atoms with Crippen LogP contribution in [0.15, 0.2) is 53.4 Å². The maximum atomic E-state index is 12.6. The zero-order chi connectivity index (χ0) is 18.4. The van der Waals surface area contributed by atoms with Gasteiger partial charge in [0.1, 0.15) is 5.75 Å². The predicted octanol–water partition coefficient (Wildman–Crippen LogP) is 6.17. The molecule has 0 unspecified atom stereocenters. The Labute approximate surface area is 164 Å². The molecule has 0 aromatic heterocycles. The molecule has 0 radical (unpaired) electrons. The van der Waals surface area contributed by atoms with Gasteiger partial charge in [-0.3, -0.25) is 4.79 Å². The van der Waals surface area contributed by atoms with Gasteiger partial charge in [0.2, 0.25) is 5.91 Å². The molecule has 3 nitrogen and oxygen atoms in total. The molecule has 0 heterocycles. The molecule has 5 heteroatoms. The molecule has 0 spiro atoms. The predicted molar refractivity (Wildman–Crippen MR) is 109 cm³/mol. The van der Waals surface area contributed by atoms with Gasteiger partial charge in [-0.05, 0) is 80.6 Å². The van der Waals surface area contributed by atoms with Crippen molar-refractivity contribution >= 4 is 35.0 Å². The summed E-state index contributed by atoms with van der Waals surface area (Å²) < 4.78 is 5.96. The van der Waals surface area contributed by atoms with Crippen molar-refractivity contribution in [1.29, 1.82) is 0 Å². The zero-order valence-electron chi connectivity index (χ0n) is 14.9. The number of ether oxygens (including phenoxy) is 1. The number of amides is 1. The van der Waals surface area contributed by atoms with Crippen molar-refractivity contribution in [3.05, 3.63) is 53.6 Å². The van der Waals surface area contributed by atoms with Gasteiger partial charge in [0.15, 0.2) is 0 Å². The van der Waals surface area contributed by atoms with E-state index < -0.39 is 0 Å². The van der Waals surface area contributed by atoms with Crippen LogP contribution in [0.3, 0.4) is 0 Å². The van der Waals surface area contributed by atoms with Gasteiger partial charge in [-0.1, -0.05) is 18.5 Å². The summed E-state index contributed by atoms with van der Waals surface area (Å²) in [5, 5.41) is 3.56. The lowest BCUT2D eigenvalue weighted by molar-refractivity contribution is -0.115. The van der Waals surface area contributed by atoms with Crippen LogP contribution >= 0.6 is 23.4 Å². The molecular weight excluding hydrogens is 366 g/mol. The van der Waals surface area contributed by atoms with E-state index in [-0.39, 0.29) is 11.2 Å². The number of rotatable bonds is 7. The smallest absolute Gasteiger partial charge is 0.237 e. The first-order valence-electron chi connectivity index (χ1n) is 9.14. The van der Waals surface area contributed by atoms with Gasteiger partial charge < -0.3 is 10.1 Å². The minimum absolute atomic E-state index is 0.0110. The first kappa shape index (κ1) is 19.1. The minimum Gasteiger partial charge on any atom is -0.490 e. The normalized spacial score (nSPS) is 15.6. The third-order valence-corrected chi connectivity index (χ3v) is 6.11. The standard InChI is InChI=1S/C21H24ClNO2S/c1-2-20(26-19-13-7-15(22)8-14-19)21(24)23-16-9-11-18(12-10-16)25-17-5-3-4-6-17/h7-14,17,20H,2-6H2,1H3,(H,23,24)/t20-/m1/s1. The molecule has 2 aromatic carbocycles. The van der Waals surface area contributed by atoms with Crippen molar-refractivity contribution in [2.24, 2.45) is 0 Å². The van der Waals surface area contributed by atoms with E-state index in [2.05, 4.69) is 5.32 Å². The quantitative estimate of drug-likeness (QED) is 0.575. The maximum absolute atomic E-state index is 12.6. The molecule has 1 atom stereocenters. The third kappa shape index (κ3) is 5.42. The summed E-state index contributed by atoms with van der Waals surface area (Å²) in [7, 11) is 0. The molecule has 0 aliphatic heterocycles. The van der Waals surface area contributed by atoms with Crippen molar-refractivity contribution in [3.63, 3.8) is 0 Å². The number of thioether (sulfide) groups is 1. The number of carbonyl (C=O) groups is 1. The van der Waals surface area contributed by atoms with E-state index in [0.717, 1.165) is 35.6 Å². The lowest BCUT2D eigenvalue weighted by atomic mass is 10.2. The molecule has 26 heavy (non-hydrogen) atoms. The van der Waals surface area contributed by atoms with Crippen LogP contribution < -0.4 is 10.1 Å². The van der Waals surface area contributed by atoms with Gasteiger partial charge >= 0.3 is 0 Å². The lowest BCUT2D eigenvalue weighted by Gasteiger charge is -2.16. The van der Waals surface area contributed by atoms with E-state index in [1.807, 2.05) is 55.5 Å². The van der Waals surface area contributed by atoms with Crippen LogP contribution in [0.5, 0.6) is 5.75 Å². The Hall–Kier alpha value is -1.65. The highest BCUT2D eigenvalue weighted by Crippen LogP contribution is 2.28. The summed E-state index contributed by atoms with van der Waals surface area (Å²) >= 11 is 7.47. The highest BCUT2D eigenvalue weighted by Gasteiger charge is 2.19. The number of carbonyl (C=O) groups excluding carboxylic acids is 1. The fourth-order valence-corrected chi connectivity index (χ4v) is 4.12. The summed E-state index contributed by atoms with van der Waals surface area (Å²) in [6.45, 7) is 2.02. The van der Waals surface area contributed by atoms with Crippen LogP contribution in [-0.2, 0) is 4.79 Å². The van der Waals surface area contributed by atoms with Gasteiger partial charge in [-0.2, -0.15) is 0 Å². The van der Waals surface area contributed by atoms with E-state index in [0.29, 0.717) is 11.1 Å². The van der Waals surface area contributed by atoms with E-state index >= 15 is 0 Å². The van der Waals surface area contributed by atoms with Crippen LogP contribution in [0.2, 0.25) is 5.02 Å². The Morgan fingerprint density at radius 1 is 1.15 bits per heavy atom. The average molecular weight is 390 g/mol. The zero-order valence-corrected chi connectivity index (χ0v) is 16.5. The molecule has 1 fully saturated rings. The van der Waals surface area contributed by atoms with Crippen molar-refractivity contribution < 1.29 is 9.53 Å². The Bertz CT molecular complexity index is 712. The summed E-state index contributed by atoms with van der Waals surface area (Å²) in [4.78, 5) is 13.6. The fourth-order valence-electron chi connectivity index (χ4n) is 3.04. The first-order valence-corrected chi connectivity index (χ1v) is 10.4. The molecule has 0 bridgehead atoms. The molecule has 1 aliphatic rings. The SMILES string of the molecule is CC[C@@H](Sc1ccc(Cl)cc1)C(=O)Nc1ccc(OC2CCCC2)cc1. The molecule has 0 saturated heterocycles. The van der Waals surface area contributed by atoms with E-state index in [1.54, 1.807) is 11.8 Å². The van der Waals surface area contributed by atoms with Crippen molar-refractivity contribution in [2.45, 2.75) is 55.3 Å². The molecular formula is C21H24ClNO2S. The Kier molecular flexibility index (Phi) is 6.86. The minimum atomic E-state index is -0.148. The van der Waals surface area contributed by atoms with E-state index in [1.165, 1.54) is 12.8 Å². The number of nitrogens with one attached hydrogen (secondary N) is 1. The van der Waals surface area contributed by atoms with Crippen LogP contribution in [0.4, 0.5) is 5.69 Å². The highest BCUT2D eigenvalue weighted by molar-refractivity contribution is 8.00. The van der Waals surface area contributed by atoms with Gasteiger partial charge in [-0.15, -0.1) is 11.8 Å². The molecule has 3 rings (SSSR count). The second-order valence-electron chi connectivity index (χ2n) is 6.51.